The number of aromatic hydroxyl groups is 1. The summed E-state index contributed by atoms with van der Waals surface area (Å²) in [6.07, 6.45) is 1.49. The van der Waals surface area contributed by atoms with Crippen molar-refractivity contribution in [3.05, 3.63) is 29.8 Å². The third-order valence-electron chi connectivity index (χ3n) is 5.95. The summed E-state index contributed by atoms with van der Waals surface area (Å²) in [7, 11) is 0. The Balaban J connectivity index is 2.39. The molecule has 5 atom stereocenters. The summed E-state index contributed by atoms with van der Waals surface area (Å²) in [6, 6.07) is 3.28. The summed E-state index contributed by atoms with van der Waals surface area (Å²) < 4.78 is 0. The summed E-state index contributed by atoms with van der Waals surface area (Å²) in [5.74, 6) is -2.36. The molecule has 1 fully saturated rings. The molecule has 1 heterocycles. The first-order valence-electron chi connectivity index (χ1n) is 11.5. The Kier molecular flexibility index (Phi) is 9.25. The molecular weight excluding hydrogens is 424 g/mol. The van der Waals surface area contributed by atoms with Gasteiger partial charge in [-0.25, -0.2) is 0 Å². The first kappa shape index (κ1) is 26.2. The zero-order chi connectivity index (χ0) is 24.7. The number of benzene rings is 1. The van der Waals surface area contributed by atoms with Crippen molar-refractivity contribution in [2.75, 3.05) is 0 Å². The van der Waals surface area contributed by atoms with E-state index in [2.05, 4.69) is 21.3 Å². The lowest BCUT2D eigenvalue weighted by Crippen LogP contribution is -2.56. The molecule has 1 aromatic carbocycles. The van der Waals surface area contributed by atoms with Crippen LogP contribution in [0.15, 0.2) is 24.3 Å². The van der Waals surface area contributed by atoms with Crippen LogP contribution in [0.5, 0.6) is 5.75 Å². The van der Waals surface area contributed by atoms with Gasteiger partial charge in [-0.1, -0.05) is 46.2 Å². The lowest BCUT2D eigenvalue weighted by atomic mass is 9.94. The number of hydrogen-bond acceptors (Lipinski definition) is 5. The van der Waals surface area contributed by atoms with Gasteiger partial charge < -0.3 is 26.4 Å². The molecule has 0 bridgehead atoms. The highest BCUT2D eigenvalue weighted by molar-refractivity contribution is 5.95. The molecule has 1 aliphatic rings. The van der Waals surface area contributed by atoms with E-state index in [4.69, 9.17) is 0 Å². The molecule has 9 nitrogen and oxygen atoms in total. The zero-order valence-corrected chi connectivity index (χ0v) is 20.0. The Bertz CT molecular complexity index is 855. The van der Waals surface area contributed by atoms with Crippen molar-refractivity contribution in [1.82, 2.24) is 21.3 Å². The van der Waals surface area contributed by atoms with Crippen LogP contribution in [-0.4, -0.2) is 52.9 Å². The maximum Gasteiger partial charge on any atom is 0.243 e. The standard InChI is InChI=1S/C24H36N4O5/c1-6-7-18-14(4)21(30)28-20(13(2)3)24(33)25-15(5)22(31)27-19(23(32)26-18)12-16-8-10-17(29)11-9-16/h8-11,13-15,18-20,29H,6-7,12H2,1-5H3,(H,25,33)(H,26,32)(H,27,31)(H,28,30)/t14-,15+,18+,19+,20+/m0/s1. The van der Waals surface area contributed by atoms with Gasteiger partial charge in [0.15, 0.2) is 0 Å². The van der Waals surface area contributed by atoms with E-state index in [1.54, 1.807) is 19.1 Å². The van der Waals surface area contributed by atoms with Crippen molar-refractivity contribution in [3.8, 4) is 5.75 Å². The highest BCUT2D eigenvalue weighted by Crippen LogP contribution is 2.15. The van der Waals surface area contributed by atoms with Crippen LogP contribution in [-0.2, 0) is 25.6 Å². The summed E-state index contributed by atoms with van der Waals surface area (Å²) in [5.41, 5.74) is 0.743. The van der Waals surface area contributed by atoms with Gasteiger partial charge in [-0.3, -0.25) is 19.2 Å². The van der Waals surface area contributed by atoms with Crippen LogP contribution < -0.4 is 21.3 Å². The molecule has 1 aliphatic heterocycles. The molecule has 0 aromatic heterocycles. The molecule has 0 spiro atoms. The molecule has 0 radical (unpaired) electrons. The molecule has 1 aromatic rings. The molecule has 0 aliphatic carbocycles. The van der Waals surface area contributed by atoms with Crippen LogP contribution in [0.1, 0.15) is 53.0 Å². The van der Waals surface area contributed by atoms with E-state index in [1.165, 1.54) is 19.1 Å². The third kappa shape index (κ3) is 7.20. The Hall–Kier alpha value is -3.10. The zero-order valence-electron chi connectivity index (χ0n) is 20.0. The molecule has 0 saturated carbocycles. The second-order valence-corrected chi connectivity index (χ2v) is 9.08. The quantitative estimate of drug-likeness (QED) is 0.447. The molecule has 1 saturated heterocycles. The fraction of sp³-hybridized carbons (Fsp3) is 0.583. The summed E-state index contributed by atoms with van der Waals surface area (Å²) in [6.45, 7) is 8.85. The largest absolute Gasteiger partial charge is 0.508 e. The number of phenolic OH excluding ortho intramolecular Hbond substituents is 1. The van der Waals surface area contributed by atoms with E-state index in [9.17, 15) is 24.3 Å². The van der Waals surface area contributed by atoms with Gasteiger partial charge >= 0.3 is 0 Å². The number of carbonyl (C=O) groups excluding carboxylic acids is 4. The maximum atomic E-state index is 13.2. The lowest BCUT2D eigenvalue weighted by molar-refractivity contribution is -0.134. The summed E-state index contributed by atoms with van der Waals surface area (Å²) in [5, 5.41) is 20.6. The highest BCUT2D eigenvalue weighted by atomic mass is 16.3. The van der Waals surface area contributed by atoms with Crippen molar-refractivity contribution < 1.29 is 24.3 Å². The minimum Gasteiger partial charge on any atom is -0.508 e. The highest BCUT2D eigenvalue weighted by Gasteiger charge is 2.34. The second kappa shape index (κ2) is 11.7. The van der Waals surface area contributed by atoms with E-state index >= 15 is 0 Å². The van der Waals surface area contributed by atoms with E-state index < -0.39 is 47.8 Å². The number of nitrogens with one attached hydrogen (secondary N) is 4. The van der Waals surface area contributed by atoms with E-state index in [1.807, 2.05) is 20.8 Å². The third-order valence-corrected chi connectivity index (χ3v) is 5.95. The fourth-order valence-corrected chi connectivity index (χ4v) is 3.79. The summed E-state index contributed by atoms with van der Waals surface area (Å²) in [4.78, 5) is 51.9. The monoisotopic (exact) mass is 460 g/mol. The first-order valence-corrected chi connectivity index (χ1v) is 11.5. The number of rotatable bonds is 5. The number of hydrogen-bond donors (Lipinski definition) is 5. The van der Waals surface area contributed by atoms with Crippen molar-refractivity contribution in [1.29, 1.82) is 0 Å². The molecule has 182 valence electrons. The number of phenols is 1. The van der Waals surface area contributed by atoms with Gasteiger partial charge in [0.1, 0.15) is 23.9 Å². The molecular formula is C24H36N4O5. The molecule has 0 unspecified atom stereocenters. The Labute approximate surface area is 195 Å². The fourth-order valence-electron chi connectivity index (χ4n) is 3.79. The molecule has 5 N–H and O–H groups in total. The van der Waals surface area contributed by atoms with Crippen LogP contribution in [0.2, 0.25) is 0 Å². The van der Waals surface area contributed by atoms with E-state index in [-0.39, 0.29) is 24.0 Å². The van der Waals surface area contributed by atoms with Crippen molar-refractivity contribution in [2.45, 2.75) is 78.0 Å². The van der Waals surface area contributed by atoms with Gasteiger partial charge in [0.2, 0.25) is 23.6 Å². The molecule has 33 heavy (non-hydrogen) atoms. The van der Waals surface area contributed by atoms with E-state index in [0.717, 1.165) is 12.0 Å². The molecule has 2 rings (SSSR count). The molecule has 9 heteroatoms. The van der Waals surface area contributed by atoms with Crippen molar-refractivity contribution in [2.24, 2.45) is 11.8 Å². The van der Waals surface area contributed by atoms with Crippen molar-refractivity contribution in [3.63, 3.8) is 0 Å². The van der Waals surface area contributed by atoms with Crippen LogP contribution in [0.4, 0.5) is 0 Å². The molecule has 4 amide bonds. The minimum absolute atomic E-state index is 0.0982. The van der Waals surface area contributed by atoms with Crippen molar-refractivity contribution >= 4 is 23.6 Å². The topological polar surface area (TPSA) is 137 Å². The lowest BCUT2D eigenvalue weighted by Gasteiger charge is -2.28. The predicted molar refractivity (Wildman–Crippen MR) is 124 cm³/mol. The van der Waals surface area contributed by atoms with E-state index in [0.29, 0.717) is 6.42 Å². The Morgan fingerprint density at radius 2 is 1.48 bits per heavy atom. The first-order chi connectivity index (χ1) is 15.5. The average Bonchev–Trinajstić information content (AvgIpc) is 2.76. The van der Waals surface area contributed by atoms with Gasteiger partial charge in [-0.05, 0) is 37.0 Å². The second-order valence-electron chi connectivity index (χ2n) is 9.08. The van der Waals surface area contributed by atoms with Gasteiger partial charge in [0.25, 0.3) is 0 Å². The minimum atomic E-state index is -0.919. The van der Waals surface area contributed by atoms with Crippen LogP contribution in [0.3, 0.4) is 0 Å². The summed E-state index contributed by atoms with van der Waals surface area (Å²) >= 11 is 0. The van der Waals surface area contributed by atoms with Crippen LogP contribution in [0, 0.1) is 11.8 Å². The Morgan fingerprint density at radius 3 is 2.06 bits per heavy atom. The van der Waals surface area contributed by atoms with Gasteiger partial charge in [-0.2, -0.15) is 0 Å². The smallest absolute Gasteiger partial charge is 0.243 e. The van der Waals surface area contributed by atoms with Gasteiger partial charge in [0.05, 0.1) is 5.92 Å². The number of carbonyl (C=O) groups is 4. The maximum absolute atomic E-state index is 13.2. The number of amides is 4. The van der Waals surface area contributed by atoms with Gasteiger partial charge in [0, 0.05) is 12.5 Å². The van der Waals surface area contributed by atoms with Crippen LogP contribution in [0.25, 0.3) is 0 Å². The predicted octanol–water partition coefficient (Wildman–Crippen LogP) is 1.000. The van der Waals surface area contributed by atoms with Crippen LogP contribution >= 0.6 is 0 Å². The average molecular weight is 461 g/mol. The Morgan fingerprint density at radius 1 is 0.848 bits per heavy atom. The normalized spacial score (nSPS) is 27.4. The SMILES string of the molecule is CCC[C@H]1NC(=O)[C@@H](Cc2ccc(O)cc2)NC(=O)[C@@H](C)NC(=O)[C@@H](C(C)C)NC(=O)[C@H]1C. The van der Waals surface area contributed by atoms with Gasteiger partial charge in [-0.15, -0.1) is 0 Å².